The molecule has 0 fully saturated rings. The third-order valence-electron chi connectivity index (χ3n) is 2.69. The fraction of sp³-hybridized carbons (Fsp3) is 0.500. The summed E-state index contributed by atoms with van der Waals surface area (Å²) in [4.78, 5) is 0. The lowest BCUT2D eigenvalue weighted by atomic mass is 9.93. The summed E-state index contributed by atoms with van der Waals surface area (Å²) in [7, 11) is 1.69. The minimum atomic E-state index is -0.603. The number of methoxy groups -OCH3 is 1. The van der Waals surface area contributed by atoms with Gasteiger partial charge in [0.15, 0.2) is 0 Å². The van der Waals surface area contributed by atoms with Crippen molar-refractivity contribution in [3.8, 4) is 6.07 Å². The van der Waals surface area contributed by atoms with Crippen LogP contribution in [0.4, 0.5) is 0 Å². The highest BCUT2D eigenvalue weighted by Crippen LogP contribution is 2.25. The van der Waals surface area contributed by atoms with Crippen LogP contribution in [0.1, 0.15) is 12.5 Å². The van der Waals surface area contributed by atoms with Gasteiger partial charge in [-0.1, -0.05) is 37.3 Å². The summed E-state index contributed by atoms with van der Waals surface area (Å²) in [6, 6.07) is 12.4. The number of hydrogen-bond donors (Lipinski definition) is 1. The summed E-state index contributed by atoms with van der Waals surface area (Å²) in [5, 5.41) is 12.9. The lowest BCUT2D eigenvalue weighted by molar-refractivity contribution is 0.218. The van der Waals surface area contributed by atoms with Crippen LogP contribution < -0.4 is 5.32 Å². The largest absolute Gasteiger partial charge is 0.384 e. The Hall–Kier alpha value is -1.02. The second-order valence-corrected chi connectivity index (χ2v) is 5.06. The monoisotopic (exact) mass is 264 g/mol. The van der Waals surface area contributed by atoms with Gasteiger partial charge in [-0.05, 0) is 12.1 Å². The van der Waals surface area contributed by atoms with E-state index in [2.05, 4.69) is 11.4 Å². The highest BCUT2D eigenvalue weighted by atomic mass is 32.2. The zero-order chi connectivity index (χ0) is 13.3. The Labute approximate surface area is 114 Å². The predicted molar refractivity (Wildman–Crippen MR) is 76.6 cm³/mol. The summed E-state index contributed by atoms with van der Waals surface area (Å²) < 4.78 is 5.03. The summed E-state index contributed by atoms with van der Waals surface area (Å²) >= 11 is 1.73. The van der Waals surface area contributed by atoms with Crippen molar-refractivity contribution >= 4 is 11.8 Å². The van der Waals surface area contributed by atoms with Gasteiger partial charge in [-0.2, -0.15) is 17.0 Å². The molecule has 1 aromatic rings. The van der Waals surface area contributed by atoms with Crippen LogP contribution in [0, 0.1) is 11.3 Å². The van der Waals surface area contributed by atoms with Crippen molar-refractivity contribution in [1.82, 2.24) is 5.32 Å². The molecule has 1 atom stereocenters. The zero-order valence-electron chi connectivity index (χ0n) is 11.0. The average Bonchev–Trinajstić information content (AvgIpc) is 2.43. The van der Waals surface area contributed by atoms with E-state index in [1.165, 1.54) is 0 Å². The molecule has 0 aliphatic carbocycles. The van der Waals surface area contributed by atoms with Crippen LogP contribution in [0.3, 0.4) is 0 Å². The maximum Gasteiger partial charge on any atom is 0.141 e. The van der Waals surface area contributed by atoms with E-state index in [0.717, 1.165) is 23.6 Å². The van der Waals surface area contributed by atoms with Crippen molar-refractivity contribution in [3.05, 3.63) is 35.9 Å². The second kappa shape index (κ2) is 8.15. The fourth-order valence-electron chi connectivity index (χ4n) is 1.76. The van der Waals surface area contributed by atoms with Crippen LogP contribution >= 0.6 is 11.8 Å². The van der Waals surface area contributed by atoms with Gasteiger partial charge < -0.3 is 4.74 Å². The third kappa shape index (κ3) is 4.02. The highest BCUT2D eigenvalue weighted by molar-refractivity contribution is 7.99. The van der Waals surface area contributed by atoms with Gasteiger partial charge in [0.05, 0.1) is 12.7 Å². The number of hydrogen-bond acceptors (Lipinski definition) is 4. The minimum absolute atomic E-state index is 0.603. The first kappa shape index (κ1) is 15.0. The Balaban J connectivity index is 2.79. The molecule has 0 saturated carbocycles. The SMILES string of the molecule is CCNC(C#N)(CSCCOC)c1ccccc1. The highest BCUT2D eigenvalue weighted by Gasteiger charge is 2.30. The van der Waals surface area contributed by atoms with E-state index >= 15 is 0 Å². The van der Waals surface area contributed by atoms with Crippen molar-refractivity contribution in [1.29, 1.82) is 5.26 Å². The molecular formula is C14H20N2OS. The van der Waals surface area contributed by atoms with Gasteiger partial charge >= 0.3 is 0 Å². The molecule has 0 aliphatic rings. The molecule has 0 aliphatic heterocycles. The predicted octanol–water partition coefficient (Wildman–Crippen LogP) is 2.39. The number of nitriles is 1. The lowest BCUT2D eigenvalue weighted by Gasteiger charge is -2.27. The fourth-order valence-corrected chi connectivity index (χ4v) is 2.83. The molecule has 0 heterocycles. The van der Waals surface area contributed by atoms with Gasteiger partial charge in [-0.3, -0.25) is 5.32 Å². The molecule has 0 spiro atoms. The molecule has 0 radical (unpaired) electrons. The minimum Gasteiger partial charge on any atom is -0.384 e. The molecule has 1 N–H and O–H groups in total. The van der Waals surface area contributed by atoms with E-state index in [1.807, 2.05) is 37.3 Å². The molecule has 98 valence electrons. The molecule has 0 bridgehead atoms. The van der Waals surface area contributed by atoms with Crippen LogP contribution in [0.5, 0.6) is 0 Å². The van der Waals surface area contributed by atoms with Crippen LogP contribution in [0.15, 0.2) is 30.3 Å². The quantitative estimate of drug-likeness (QED) is 0.732. The van der Waals surface area contributed by atoms with Gasteiger partial charge in [-0.15, -0.1) is 0 Å². The summed E-state index contributed by atoms with van der Waals surface area (Å²) in [5.41, 5.74) is 0.424. The second-order valence-electron chi connectivity index (χ2n) is 3.96. The first-order chi connectivity index (χ1) is 8.79. The molecular weight excluding hydrogens is 244 g/mol. The van der Waals surface area contributed by atoms with Gasteiger partial charge in [0.25, 0.3) is 0 Å². The molecule has 18 heavy (non-hydrogen) atoms. The number of rotatable bonds is 8. The topological polar surface area (TPSA) is 45.0 Å². The summed E-state index contributed by atoms with van der Waals surface area (Å²) in [6.45, 7) is 3.51. The Bertz CT molecular complexity index is 377. The third-order valence-corrected chi connectivity index (χ3v) is 3.78. The summed E-state index contributed by atoms with van der Waals surface area (Å²) in [6.07, 6.45) is 0. The van der Waals surface area contributed by atoms with E-state index in [-0.39, 0.29) is 0 Å². The van der Waals surface area contributed by atoms with Gasteiger partial charge in [0, 0.05) is 18.6 Å². The maximum absolute atomic E-state index is 9.56. The maximum atomic E-state index is 9.56. The molecule has 0 aromatic heterocycles. The number of nitrogens with one attached hydrogen (secondary N) is 1. The number of nitrogens with zero attached hydrogens (tertiary/aromatic N) is 1. The van der Waals surface area contributed by atoms with Gasteiger partial charge in [-0.25, -0.2) is 0 Å². The Morgan fingerprint density at radius 2 is 2.11 bits per heavy atom. The van der Waals surface area contributed by atoms with E-state index in [0.29, 0.717) is 6.61 Å². The number of benzene rings is 1. The Kier molecular flexibility index (Phi) is 6.81. The molecule has 1 rings (SSSR count). The molecule has 4 heteroatoms. The van der Waals surface area contributed by atoms with Crippen LogP contribution in [-0.4, -0.2) is 31.8 Å². The lowest BCUT2D eigenvalue weighted by Crippen LogP contribution is -2.43. The van der Waals surface area contributed by atoms with Gasteiger partial charge in [0.2, 0.25) is 0 Å². The molecule has 1 aromatic carbocycles. The van der Waals surface area contributed by atoms with E-state index in [4.69, 9.17) is 4.74 Å². The van der Waals surface area contributed by atoms with Crippen molar-refractivity contribution in [2.75, 3.05) is 31.8 Å². The first-order valence-electron chi connectivity index (χ1n) is 6.07. The van der Waals surface area contributed by atoms with Crippen molar-refractivity contribution in [3.63, 3.8) is 0 Å². The van der Waals surface area contributed by atoms with Gasteiger partial charge in [0.1, 0.15) is 5.54 Å². The van der Waals surface area contributed by atoms with E-state index < -0.39 is 5.54 Å². The smallest absolute Gasteiger partial charge is 0.141 e. The molecule has 0 saturated heterocycles. The van der Waals surface area contributed by atoms with E-state index in [1.54, 1.807) is 18.9 Å². The van der Waals surface area contributed by atoms with Crippen molar-refractivity contribution in [2.45, 2.75) is 12.5 Å². The number of ether oxygens (including phenoxy) is 1. The molecule has 3 nitrogen and oxygen atoms in total. The standard InChI is InChI=1S/C14H20N2OS/c1-3-16-14(11-15,12-18-10-9-17-2)13-7-5-4-6-8-13/h4-8,16H,3,9-10,12H2,1-2H3. The van der Waals surface area contributed by atoms with Crippen molar-refractivity contribution in [2.24, 2.45) is 0 Å². The molecule has 0 amide bonds. The number of thioether (sulfide) groups is 1. The summed E-state index contributed by atoms with van der Waals surface area (Å²) in [5.74, 6) is 1.63. The molecule has 1 unspecified atom stereocenters. The van der Waals surface area contributed by atoms with Crippen LogP contribution in [-0.2, 0) is 10.3 Å². The van der Waals surface area contributed by atoms with Crippen molar-refractivity contribution < 1.29 is 4.74 Å². The Morgan fingerprint density at radius 1 is 1.39 bits per heavy atom. The Morgan fingerprint density at radius 3 is 2.67 bits per heavy atom. The van der Waals surface area contributed by atoms with Crippen LogP contribution in [0.25, 0.3) is 0 Å². The zero-order valence-corrected chi connectivity index (χ0v) is 11.8. The van der Waals surface area contributed by atoms with E-state index in [9.17, 15) is 5.26 Å². The first-order valence-corrected chi connectivity index (χ1v) is 7.23. The normalized spacial score (nSPS) is 13.8. The average molecular weight is 264 g/mol. The van der Waals surface area contributed by atoms with Crippen LogP contribution in [0.2, 0.25) is 0 Å².